The fraction of sp³-hybridized carbons (Fsp3) is 0.647. The van der Waals surface area contributed by atoms with Gasteiger partial charge in [-0.25, -0.2) is 8.42 Å². The summed E-state index contributed by atoms with van der Waals surface area (Å²) in [5, 5.41) is 0. The fourth-order valence-electron chi connectivity index (χ4n) is 3.06. The first-order valence-electron chi connectivity index (χ1n) is 8.62. The van der Waals surface area contributed by atoms with Crippen molar-refractivity contribution < 1.29 is 22.6 Å². The number of benzene rings is 1. The first-order chi connectivity index (χ1) is 12.0. The van der Waals surface area contributed by atoms with Crippen LogP contribution in [-0.2, 0) is 14.8 Å². The predicted molar refractivity (Wildman–Crippen MR) is 95.5 cm³/mol. The van der Waals surface area contributed by atoms with Gasteiger partial charge in [0.05, 0.1) is 24.2 Å². The van der Waals surface area contributed by atoms with Gasteiger partial charge in [-0.1, -0.05) is 0 Å². The lowest BCUT2D eigenvalue weighted by molar-refractivity contribution is 0.0401. The summed E-state index contributed by atoms with van der Waals surface area (Å²) in [5.41, 5.74) is 5.82. The third kappa shape index (κ3) is 4.44. The van der Waals surface area contributed by atoms with Crippen LogP contribution in [0.3, 0.4) is 0 Å². The van der Waals surface area contributed by atoms with Crippen molar-refractivity contribution in [3.8, 4) is 11.5 Å². The van der Waals surface area contributed by atoms with Crippen LogP contribution in [0.2, 0.25) is 0 Å². The van der Waals surface area contributed by atoms with Gasteiger partial charge in [-0.05, 0) is 38.8 Å². The molecule has 1 aliphatic heterocycles. The van der Waals surface area contributed by atoms with Crippen LogP contribution in [0.15, 0.2) is 23.1 Å². The van der Waals surface area contributed by atoms with E-state index in [4.69, 9.17) is 19.9 Å². The Labute approximate surface area is 150 Å². The van der Waals surface area contributed by atoms with E-state index in [2.05, 4.69) is 0 Å². The Morgan fingerprint density at radius 2 is 1.88 bits per heavy atom. The largest absolute Gasteiger partial charge is 0.490 e. The minimum Gasteiger partial charge on any atom is -0.490 e. The summed E-state index contributed by atoms with van der Waals surface area (Å²) >= 11 is 0. The molecule has 1 saturated heterocycles. The second-order valence-corrected chi connectivity index (χ2v) is 7.75. The average Bonchev–Trinajstić information content (AvgIpc) is 2.62. The molecular formula is C17H28N2O5S. The molecule has 25 heavy (non-hydrogen) atoms. The zero-order valence-corrected chi connectivity index (χ0v) is 15.9. The van der Waals surface area contributed by atoms with Crippen LogP contribution >= 0.6 is 0 Å². The van der Waals surface area contributed by atoms with Crippen LogP contribution in [0.25, 0.3) is 0 Å². The summed E-state index contributed by atoms with van der Waals surface area (Å²) in [5.74, 6) is 0.971. The molecule has 0 amide bonds. The van der Waals surface area contributed by atoms with Gasteiger partial charge in [-0.2, -0.15) is 4.31 Å². The van der Waals surface area contributed by atoms with Crippen molar-refractivity contribution in [3.63, 3.8) is 0 Å². The molecule has 2 rings (SSSR count). The Bertz CT molecular complexity index is 665. The van der Waals surface area contributed by atoms with Crippen LogP contribution in [0.1, 0.15) is 26.7 Å². The van der Waals surface area contributed by atoms with E-state index in [1.54, 1.807) is 19.2 Å². The van der Waals surface area contributed by atoms with Crippen LogP contribution in [0.4, 0.5) is 0 Å². The summed E-state index contributed by atoms with van der Waals surface area (Å²) in [6, 6.07) is 4.45. The maximum absolute atomic E-state index is 13.1. The zero-order valence-electron chi connectivity index (χ0n) is 15.1. The van der Waals surface area contributed by atoms with Crippen LogP contribution in [0, 0.1) is 0 Å². The van der Waals surface area contributed by atoms with Crippen molar-refractivity contribution in [3.05, 3.63) is 18.2 Å². The average molecular weight is 372 g/mol. The van der Waals surface area contributed by atoms with Crippen molar-refractivity contribution in [1.82, 2.24) is 4.31 Å². The van der Waals surface area contributed by atoms with E-state index in [9.17, 15) is 8.42 Å². The normalized spacial score (nSPS) is 21.9. The summed E-state index contributed by atoms with van der Waals surface area (Å²) in [6.07, 6.45) is 1.29. The number of rotatable bonds is 8. The molecule has 1 fully saturated rings. The molecule has 0 aromatic heterocycles. The Kier molecular flexibility index (Phi) is 7.06. The van der Waals surface area contributed by atoms with Crippen molar-refractivity contribution in [2.24, 2.45) is 5.73 Å². The molecule has 1 heterocycles. The number of sulfonamides is 1. The smallest absolute Gasteiger partial charge is 0.243 e. The van der Waals surface area contributed by atoms with Crippen LogP contribution < -0.4 is 15.2 Å². The molecule has 7 nitrogen and oxygen atoms in total. The van der Waals surface area contributed by atoms with E-state index < -0.39 is 10.0 Å². The third-order valence-corrected chi connectivity index (χ3v) is 6.29. The summed E-state index contributed by atoms with van der Waals surface area (Å²) < 4.78 is 44.1. The number of piperidine rings is 1. The zero-order chi connectivity index (χ0) is 18.4. The molecule has 8 heteroatoms. The maximum Gasteiger partial charge on any atom is 0.243 e. The van der Waals surface area contributed by atoms with Gasteiger partial charge in [-0.3, -0.25) is 0 Å². The SMILES string of the molecule is CCOc1ccc(S(=O)(=O)N2CCC(OC)CC2CN)cc1OCC. The maximum atomic E-state index is 13.1. The van der Waals surface area contributed by atoms with Gasteiger partial charge in [0.2, 0.25) is 10.0 Å². The molecule has 0 saturated carbocycles. The quantitative estimate of drug-likeness (QED) is 0.745. The van der Waals surface area contributed by atoms with Crippen molar-refractivity contribution in [2.75, 3.05) is 33.4 Å². The second kappa shape index (κ2) is 8.84. The Balaban J connectivity index is 2.33. The highest BCUT2D eigenvalue weighted by molar-refractivity contribution is 7.89. The molecule has 0 radical (unpaired) electrons. The second-order valence-electron chi connectivity index (χ2n) is 5.86. The molecule has 2 N–H and O–H groups in total. The topological polar surface area (TPSA) is 91.1 Å². The van der Waals surface area contributed by atoms with Crippen molar-refractivity contribution in [2.45, 2.75) is 43.7 Å². The molecule has 2 atom stereocenters. The van der Waals surface area contributed by atoms with E-state index in [0.29, 0.717) is 44.1 Å². The van der Waals surface area contributed by atoms with E-state index in [-0.39, 0.29) is 23.6 Å². The monoisotopic (exact) mass is 372 g/mol. The standard InChI is InChI=1S/C17H28N2O5S/c1-4-23-16-7-6-15(11-17(16)24-5-2)25(20,21)19-9-8-14(22-3)10-13(19)12-18/h6-7,11,13-14H,4-5,8-10,12,18H2,1-3H3. The van der Waals surface area contributed by atoms with Crippen molar-refractivity contribution >= 4 is 10.0 Å². The summed E-state index contributed by atoms with van der Waals surface area (Å²) in [7, 11) is -2.02. The fourth-order valence-corrected chi connectivity index (χ4v) is 4.74. The van der Waals surface area contributed by atoms with Gasteiger partial charge in [0, 0.05) is 32.3 Å². The molecule has 1 aliphatic rings. The Morgan fingerprint density at radius 3 is 2.48 bits per heavy atom. The van der Waals surface area contributed by atoms with Gasteiger partial charge in [0.1, 0.15) is 0 Å². The highest BCUT2D eigenvalue weighted by Gasteiger charge is 2.36. The lowest BCUT2D eigenvalue weighted by atomic mass is 10.0. The summed E-state index contributed by atoms with van der Waals surface area (Å²) in [6.45, 7) is 5.26. The molecule has 1 aromatic rings. The number of nitrogens with two attached hydrogens (primary N) is 1. The van der Waals surface area contributed by atoms with Gasteiger partial charge in [-0.15, -0.1) is 0 Å². The number of nitrogens with zero attached hydrogens (tertiary/aromatic N) is 1. The van der Waals surface area contributed by atoms with Gasteiger partial charge in [0.25, 0.3) is 0 Å². The Morgan fingerprint density at radius 1 is 1.20 bits per heavy atom. The molecule has 2 unspecified atom stereocenters. The van der Waals surface area contributed by atoms with Crippen LogP contribution in [0.5, 0.6) is 11.5 Å². The number of methoxy groups -OCH3 is 1. The Hall–Kier alpha value is -1.35. The molecule has 0 spiro atoms. The van der Waals surface area contributed by atoms with E-state index in [0.717, 1.165) is 0 Å². The molecule has 0 aliphatic carbocycles. The first-order valence-corrected chi connectivity index (χ1v) is 10.1. The first kappa shape index (κ1) is 20.0. The minimum absolute atomic E-state index is 0.0410. The van der Waals surface area contributed by atoms with Crippen molar-refractivity contribution in [1.29, 1.82) is 0 Å². The molecule has 1 aromatic carbocycles. The molecule has 0 bridgehead atoms. The highest BCUT2D eigenvalue weighted by atomic mass is 32.2. The third-order valence-electron chi connectivity index (χ3n) is 4.34. The number of hydrogen-bond acceptors (Lipinski definition) is 6. The lowest BCUT2D eigenvalue weighted by Crippen LogP contribution is -2.51. The van der Waals surface area contributed by atoms with E-state index in [1.165, 1.54) is 10.4 Å². The van der Waals surface area contributed by atoms with Gasteiger partial charge < -0.3 is 19.9 Å². The highest BCUT2D eigenvalue weighted by Crippen LogP contribution is 2.33. The van der Waals surface area contributed by atoms with Gasteiger partial charge in [0.15, 0.2) is 11.5 Å². The van der Waals surface area contributed by atoms with Gasteiger partial charge >= 0.3 is 0 Å². The number of hydrogen-bond donors (Lipinski definition) is 1. The van der Waals surface area contributed by atoms with E-state index in [1.807, 2.05) is 13.8 Å². The minimum atomic E-state index is -3.67. The van der Waals surface area contributed by atoms with E-state index >= 15 is 0 Å². The number of ether oxygens (including phenoxy) is 3. The molecule has 142 valence electrons. The lowest BCUT2D eigenvalue weighted by Gasteiger charge is -2.37. The van der Waals surface area contributed by atoms with Crippen LogP contribution in [-0.4, -0.2) is 58.3 Å². The predicted octanol–water partition coefficient (Wildman–Crippen LogP) is 1.61. The molecular weight excluding hydrogens is 344 g/mol. The summed E-state index contributed by atoms with van der Waals surface area (Å²) in [4.78, 5) is 0.189.